The van der Waals surface area contributed by atoms with Crippen LogP contribution in [0.25, 0.3) is 0 Å². The van der Waals surface area contributed by atoms with E-state index >= 15 is 0 Å². The summed E-state index contributed by atoms with van der Waals surface area (Å²) in [6.07, 6.45) is 73.9. The first-order valence-electron chi connectivity index (χ1n) is 34.0. The number of hydrogen-bond donors (Lipinski definition) is 2. The lowest BCUT2D eigenvalue weighted by Crippen LogP contribution is -2.47. The van der Waals surface area contributed by atoms with Crippen LogP contribution in [0.2, 0.25) is 0 Å². The summed E-state index contributed by atoms with van der Waals surface area (Å²) in [7, 11) is 1.50. The lowest BCUT2D eigenvalue weighted by molar-refractivity contribution is -0.870. The fraction of sp³-hybridized carbons (Fsp3) is 0.855. The van der Waals surface area contributed by atoms with E-state index in [-0.39, 0.29) is 25.1 Å². The van der Waals surface area contributed by atoms with Crippen LogP contribution in [-0.4, -0.2) is 74.3 Å². The second kappa shape index (κ2) is 59.1. The maximum absolute atomic E-state index is 13.6. The molecule has 0 aromatic carbocycles. The summed E-state index contributed by atoms with van der Waals surface area (Å²) in [5.41, 5.74) is 0. The number of rotatable bonds is 62. The van der Waals surface area contributed by atoms with Gasteiger partial charge in [-0.3, -0.25) is 18.6 Å². The molecular formula is C69H132N2O7P+. The van der Waals surface area contributed by atoms with Gasteiger partial charge in [0.2, 0.25) is 5.91 Å². The highest BCUT2D eigenvalue weighted by atomic mass is 31.2. The van der Waals surface area contributed by atoms with E-state index in [2.05, 4.69) is 62.5 Å². The number of carbonyl (C=O) groups is 2. The van der Waals surface area contributed by atoms with Gasteiger partial charge in [0.05, 0.1) is 33.8 Å². The first kappa shape index (κ1) is 77.0. The SMILES string of the molecule is CCCCC/C=C\C/C=C\CCCCCCCCCCCCCC(=O)OC(/C=C/CCCCCCCCCCCCC)C(COP(=O)(O)OCC[N+](C)(C)C)NC(=O)CCCCCCCCCCC/C=C/CCCCCCCC. The van der Waals surface area contributed by atoms with Crippen LogP contribution in [0.3, 0.4) is 0 Å². The highest BCUT2D eigenvalue weighted by Gasteiger charge is 2.30. The zero-order chi connectivity index (χ0) is 57.9. The first-order valence-corrected chi connectivity index (χ1v) is 35.5. The van der Waals surface area contributed by atoms with E-state index < -0.39 is 20.0 Å². The Morgan fingerprint density at radius 3 is 1.18 bits per heavy atom. The molecule has 0 aromatic rings. The minimum absolute atomic E-state index is 0.0405. The highest BCUT2D eigenvalue weighted by Crippen LogP contribution is 2.43. The number of likely N-dealkylation sites (N-methyl/N-ethyl adjacent to an activating group) is 1. The molecule has 0 saturated carbocycles. The zero-order valence-corrected chi connectivity index (χ0v) is 54.0. The number of quaternary nitrogens is 1. The fourth-order valence-corrected chi connectivity index (χ4v) is 10.7. The molecule has 10 heteroatoms. The second-order valence-corrected chi connectivity index (χ2v) is 25.8. The van der Waals surface area contributed by atoms with E-state index in [0.717, 1.165) is 64.2 Å². The van der Waals surface area contributed by atoms with Gasteiger partial charge in [0.25, 0.3) is 0 Å². The molecule has 0 aromatic heterocycles. The third-order valence-corrected chi connectivity index (χ3v) is 16.2. The van der Waals surface area contributed by atoms with Crippen LogP contribution < -0.4 is 5.32 Å². The number of amides is 1. The second-order valence-electron chi connectivity index (χ2n) is 24.3. The Labute approximate surface area is 490 Å². The van der Waals surface area contributed by atoms with Crippen LogP contribution in [0.4, 0.5) is 0 Å². The quantitative estimate of drug-likeness (QED) is 0.0205. The topological polar surface area (TPSA) is 111 Å². The normalized spacial score (nSPS) is 13.9. The summed E-state index contributed by atoms with van der Waals surface area (Å²) in [5, 5.41) is 3.07. The van der Waals surface area contributed by atoms with Crippen molar-refractivity contribution in [1.29, 1.82) is 0 Å². The molecule has 0 rings (SSSR count). The lowest BCUT2D eigenvalue weighted by atomic mass is 10.0. The van der Waals surface area contributed by atoms with Gasteiger partial charge in [0.15, 0.2) is 0 Å². The summed E-state index contributed by atoms with van der Waals surface area (Å²) in [4.78, 5) is 37.8. The van der Waals surface area contributed by atoms with E-state index in [1.807, 2.05) is 33.3 Å². The van der Waals surface area contributed by atoms with Crippen LogP contribution >= 0.6 is 7.82 Å². The van der Waals surface area contributed by atoms with Gasteiger partial charge in [-0.2, -0.15) is 0 Å². The maximum atomic E-state index is 13.6. The number of phosphoric ester groups is 1. The molecule has 9 nitrogen and oxygen atoms in total. The van der Waals surface area contributed by atoms with E-state index in [9.17, 15) is 19.0 Å². The van der Waals surface area contributed by atoms with E-state index in [0.29, 0.717) is 23.9 Å². The number of allylic oxidation sites excluding steroid dienone is 7. The van der Waals surface area contributed by atoms with E-state index in [4.69, 9.17) is 13.8 Å². The summed E-state index contributed by atoms with van der Waals surface area (Å²) in [6, 6.07) is -0.850. The third-order valence-electron chi connectivity index (χ3n) is 15.2. The van der Waals surface area contributed by atoms with Gasteiger partial charge in [-0.1, -0.05) is 275 Å². The van der Waals surface area contributed by atoms with Gasteiger partial charge in [-0.15, -0.1) is 0 Å². The van der Waals surface area contributed by atoms with Crippen molar-refractivity contribution in [3.05, 3.63) is 48.6 Å². The predicted molar refractivity (Wildman–Crippen MR) is 342 cm³/mol. The molecule has 3 atom stereocenters. The minimum atomic E-state index is -4.45. The molecule has 464 valence electrons. The number of nitrogens with zero attached hydrogens (tertiary/aromatic N) is 1. The monoisotopic (exact) mass is 1130 g/mol. The van der Waals surface area contributed by atoms with Crippen molar-refractivity contribution in [3.8, 4) is 0 Å². The fourth-order valence-electron chi connectivity index (χ4n) is 9.97. The Balaban J connectivity index is 5.17. The average molecular weight is 1130 g/mol. The predicted octanol–water partition coefficient (Wildman–Crippen LogP) is 21.2. The molecule has 0 saturated heterocycles. The minimum Gasteiger partial charge on any atom is -0.456 e. The molecule has 0 spiro atoms. The maximum Gasteiger partial charge on any atom is 0.472 e. The number of nitrogens with one attached hydrogen (secondary N) is 1. The van der Waals surface area contributed by atoms with Crippen molar-refractivity contribution in [2.45, 2.75) is 341 Å². The Kier molecular flexibility index (Phi) is 57.6. The van der Waals surface area contributed by atoms with Crippen molar-refractivity contribution in [3.63, 3.8) is 0 Å². The van der Waals surface area contributed by atoms with Crippen LogP contribution in [-0.2, 0) is 27.9 Å². The van der Waals surface area contributed by atoms with Gasteiger partial charge >= 0.3 is 13.8 Å². The molecule has 0 heterocycles. The van der Waals surface area contributed by atoms with E-state index in [1.54, 1.807) is 0 Å². The summed E-state index contributed by atoms with van der Waals surface area (Å²) >= 11 is 0. The van der Waals surface area contributed by atoms with Gasteiger partial charge in [-0.05, 0) is 89.5 Å². The number of unbranched alkanes of at least 4 members (excludes halogenated alkanes) is 40. The van der Waals surface area contributed by atoms with Crippen molar-refractivity contribution in [2.24, 2.45) is 0 Å². The summed E-state index contributed by atoms with van der Waals surface area (Å²) < 4.78 is 30.8. The number of hydrogen-bond acceptors (Lipinski definition) is 6. The van der Waals surface area contributed by atoms with Gasteiger partial charge in [0, 0.05) is 12.8 Å². The lowest BCUT2D eigenvalue weighted by Gasteiger charge is -2.27. The van der Waals surface area contributed by atoms with Gasteiger partial charge < -0.3 is 19.4 Å². The molecular weight excluding hydrogens is 1000 g/mol. The molecule has 0 aliphatic rings. The highest BCUT2D eigenvalue weighted by molar-refractivity contribution is 7.47. The van der Waals surface area contributed by atoms with Gasteiger partial charge in [-0.25, -0.2) is 4.57 Å². The van der Waals surface area contributed by atoms with Crippen molar-refractivity contribution >= 4 is 19.7 Å². The van der Waals surface area contributed by atoms with Crippen molar-refractivity contribution < 1.29 is 37.3 Å². The first-order chi connectivity index (χ1) is 38.4. The third kappa shape index (κ3) is 60.4. The number of phosphoric acid groups is 1. The van der Waals surface area contributed by atoms with E-state index in [1.165, 1.54) is 231 Å². The Morgan fingerprint density at radius 1 is 0.443 bits per heavy atom. The molecule has 0 bridgehead atoms. The molecule has 0 aliphatic carbocycles. The molecule has 3 unspecified atom stereocenters. The van der Waals surface area contributed by atoms with Crippen molar-refractivity contribution in [1.82, 2.24) is 5.32 Å². The number of carbonyl (C=O) groups excluding carboxylic acids is 2. The summed E-state index contributed by atoms with van der Waals surface area (Å²) in [5.74, 6) is -0.497. The van der Waals surface area contributed by atoms with Crippen LogP contribution in [0, 0.1) is 0 Å². The Morgan fingerprint density at radius 2 is 0.772 bits per heavy atom. The largest absolute Gasteiger partial charge is 0.472 e. The molecule has 1 amide bonds. The molecule has 0 radical (unpaired) electrons. The summed E-state index contributed by atoms with van der Waals surface area (Å²) in [6.45, 7) is 7.02. The standard InChI is InChI=1S/C69H131N2O7P/c1-7-10-13-16-19-22-25-28-30-32-34-35-37-39-41-44-47-50-53-56-59-62-69(73)78-67(60-57-54-51-48-45-42-27-24-21-18-15-12-9-3)66(65-77-79(74,75)76-64-63-71(4,5)6)70-68(72)61-58-55-52-49-46-43-40-38-36-33-31-29-26-23-20-17-14-11-8-2/h19,22,28-31,57,60,66-67H,7-18,20-21,23-27,32-56,58-59,61-65H2,1-6H3,(H-,70,72,74,75)/p+1/b22-19-,30-28-,31-29+,60-57+. The van der Waals surface area contributed by atoms with Crippen LogP contribution in [0.15, 0.2) is 48.6 Å². The zero-order valence-electron chi connectivity index (χ0n) is 53.1. The average Bonchev–Trinajstić information content (AvgIpc) is 3.41. The molecule has 2 N–H and O–H groups in total. The van der Waals surface area contributed by atoms with Crippen molar-refractivity contribution in [2.75, 3.05) is 40.9 Å². The Hall–Kier alpha value is -2.03. The van der Waals surface area contributed by atoms with Gasteiger partial charge in [0.1, 0.15) is 19.3 Å². The van der Waals surface area contributed by atoms with Crippen LogP contribution in [0.5, 0.6) is 0 Å². The molecule has 0 aliphatic heterocycles. The Bertz CT molecular complexity index is 1490. The molecule has 0 fully saturated rings. The van der Waals surface area contributed by atoms with Crippen LogP contribution in [0.1, 0.15) is 329 Å². The number of esters is 1. The number of ether oxygens (including phenoxy) is 1. The smallest absolute Gasteiger partial charge is 0.456 e. The molecule has 79 heavy (non-hydrogen) atoms.